The maximum absolute atomic E-state index is 11.2. The summed E-state index contributed by atoms with van der Waals surface area (Å²) in [6.07, 6.45) is 0. The van der Waals surface area contributed by atoms with Gasteiger partial charge in [-0.25, -0.2) is 4.79 Å². The average molecular weight is 247 g/mol. The van der Waals surface area contributed by atoms with Gasteiger partial charge in [-0.15, -0.1) is 0 Å². The molecule has 1 aromatic rings. The van der Waals surface area contributed by atoms with Gasteiger partial charge >= 0.3 is 5.97 Å². The number of Topliss-reactive ketones (excluding diaryl/α,β-unsaturated/α-hetero) is 1. The minimum absolute atomic E-state index is 0.305. The van der Waals surface area contributed by atoms with Crippen LogP contribution in [0.15, 0.2) is 18.2 Å². The summed E-state index contributed by atoms with van der Waals surface area (Å²) in [7, 11) is 0. The van der Waals surface area contributed by atoms with Crippen LogP contribution in [0.25, 0.3) is 0 Å². The van der Waals surface area contributed by atoms with Crippen LogP contribution in [0.3, 0.4) is 0 Å². The van der Waals surface area contributed by atoms with Gasteiger partial charge < -0.3 is 5.11 Å². The molecule has 0 aromatic heterocycles. The Balaban J connectivity index is 3.02. The third-order valence-electron chi connectivity index (χ3n) is 2.05. The van der Waals surface area contributed by atoms with Crippen LogP contribution in [0.4, 0.5) is 0 Å². The van der Waals surface area contributed by atoms with E-state index >= 15 is 0 Å². The van der Waals surface area contributed by atoms with E-state index < -0.39 is 17.7 Å². The Kier molecular flexibility index (Phi) is 3.72. The highest BCUT2D eigenvalue weighted by atomic mass is 35.5. The van der Waals surface area contributed by atoms with Gasteiger partial charge in [-0.2, -0.15) is 0 Å². The molecular formula is C10H8Cl2O3. The van der Waals surface area contributed by atoms with Crippen molar-refractivity contribution in [2.24, 2.45) is 0 Å². The molecule has 0 heterocycles. The van der Waals surface area contributed by atoms with Crippen molar-refractivity contribution in [1.29, 1.82) is 0 Å². The number of ketones is 1. The largest absolute Gasteiger partial charge is 0.475 e. The van der Waals surface area contributed by atoms with Crippen molar-refractivity contribution in [3.05, 3.63) is 33.8 Å². The highest BCUT2D eigenvalue weighted by molar-refractivity contribution is 6.42. The fourth-order valence-corrected chi connectivity index (χ4v) is 1.42. The first-order valence-electron chi connectivity index (χ1n) is 4.15. The number of carboxylic acid groups (broad SMARTS) is 1. The van der Waals surface area contributed by atoms with Gasteiger partial charge in [0.2, 0.25) is 5.78 Å². The van der Waals surface area contributed by atoms with Crippen LogP contribution in [0, 0.1) is 0 Å². The second-order valence-corrected chi connectivity index (χ2v) is 3.88. The Bertz CT molecular complexity index is 415. The van der Waals surface area contributed by atoms with Gasteiger partial charge in [-0.05, 0) is 17.7 Å². The Hall–Kier alpha value is -1.06. The number of hydrogen-bond acceptors (Lipinski definition) is 2. The van der Waals surface area contributed by atoms with Gasteiger partial charge in [-0.3, -0.25) is 4.79 Å². The fourth-order valence-electron chi connectivity index (χ4n) is 1.12. The zero-order chi connectivity index (χ0) is 11.6. The van der Waals surface area contributed by atoms with Crippen molar-refractivity contribution < 1.29 is 14.7 Å². The molecule has 80 valence electrons. The SMILES string of the molecule is CC(C(=O)C(=O)O)c1ccc(Cl)c(Cl)c1. The Morgan fingerprint density at radius 1 is 1.27 bits per heavy atom. The highest BCUT2D eigenvalue weighted by Crippen LogP contribution is 2.26. The number of hydrogen-bond donors (Lipinski definition) is 1. The Labute approximate surface area is 96.6 Å². The third-order valence-corrected chi connectivity index (χ3v) is 2.79. The lowest BCUT2D eigenvalue weighted by Gasteiger charge is -2.08. The molecule has 0 saturated heterocycles. The number of carbonyl (C=O) groups is 2. The summed E-state index contributed by atoms with van der Waals surface area (Å²) < 4.78 is 0. The van der Waals surface area contributed by atoms with Crippen molar-refractivity contribution in [3.8, 4) is 0 Å². The average Bonchev–Trinajstić information content (AvgIpc) is 2.19. The molecule has 0 aliphatic heterocycles. The van der Waals surface area contributed by atoms with Crippen LogP contribution in [-0.4, -0.2) is 16.9 Å². The van der Waals surface area contributed by atoms with Gasteiger partial charge in [-0.1, -0.05) is 36.2 Å². The lowest BCUT2D eigenvalue weighted by molar-refractivity contribution is -0.149. The zero-order valence-corrected chi connectivity index (χ0v) is 9.34. The standard InChI is InChI=1S/C10H8Cl2O3/c1-5(9(13)10(14)15)6-2-3-7(11)8(12)4-6/h2-5H,1H3,(H,14,15). The van der Waals surface area contributed by atoms with E-state index in [0.717, 1.165) is 0 Å². The van der Waals surface area contributed by atoms with E-state index in [1.807, 2.05) is 0 Å². The first kappa shape index (κ1) is 12.0. The van der Waals surface area contributed by atoms with Crippen molar-refractivity contribution in [2.75, 3.05) is 0 Å². The maximum Gasteiger partial charge on any atom is 0.372 e. The molecular weight excluding hydrogens is 239 g/mol. The molecule has 0 fully saturated rings. The number of carbonyl (C=O) groups excluding carboxylic acids is 1. The summed E-state index contributed by atoms with van der Waals surface area (Å²) in [5, 5.41) is 9.20. The predicted octanol–water partition coefficient (Wildman–Crippen LogP) is 2.75. The number of benzene rings is 1. The molecule has 1 atom stereocenters. The predicted molar refractivity (Wildman–Crippen MR) is 57.5 cm³/mol. The molecule has 5 heteroatoms. The van der Waals surface area contributed by atoms with Crippen LogP contribution in [0.5, 0.6) is 0 Å². The van der Waals surface area contributed by atoms with Gasteiger partial charge in [0.25, 0.3) is 0 Å². The molecule has 1 rings (SSSR count). The van der Waals surface area contributed by atoms with E-state index in [-0.39, 0.29) is 0 Å². The summed E-state index contributed by atoms with van der Waals surface area (Å²) in [6.45, 7) is 1.51. The molecule has 1 aromatic carbocycles. The lowest BCUT2D eigenvalue weighted by atomic mass is 9.97. The van der Waals surface area contributed by atoms with Crippen molar-refractivity contribution >= 4 is 35.0 Å². The molecule has 1 N–H and O–H groups in total. The van der Waals surface area contributed by atoms with E-state index in [4.69, 9.17) is 28.3 Å². The molecule has 0 amide bonds. The van der Waals surface area contributed by atoms with Crippen LogP contribution in [0.1, 0.15) is 18.4 Å². The summed E-state index contributed by atoms with van der Waals surface area (Å²) in [4.78, 5) is 21.6. The van der Waals surface area contributed by atoms with Crippen LogP contribution in [0.2, 0.25) is 10.0 Å². The van der Waals surface area contributed by atoms with Crippen LogP contribution in [-0.2, 0) is 9.59 Å². The molecule has 0 aliphatic carbocycles. The van der Waals surface area contributed by atoms with Gasteiger partial charge in [0.05, 0.1) is 16.0 Å². The quantitative estimate of drug-likeness (QED) is 0.835. The van der Waals surface area contributed by atoms with Gasteiger partial charge in [0.1, 0.15) is 0 Å². The number of carboxylic acids is 1. The first-order chi connectivity index (χ1) is 6.93. The molecule has 1 unspecified atom stereocenters. The minimum atomic E-state index is -1.45. The van der Waals surface area contributed by atoms with Gasteiger partial charge in [0, 0.05) is 0 Å². The molecule has 0 saturated carbocycles. The van der Waals surface area contributed by atoms with Crippen LogP contribution < -0.4 is 0 Å². The third kappa shape index (κ3) is 2.70. The van der Waals surface area contributed by atoms with Crippen molar-refractivity contribution in [3.63, 3.8) is 0 Å². The molecule has 0 bridgehead atoms. The smallest absolute Gasteiger partial charge is 0.372 e. The summed E-state index contributed by atoms with van der Waals surface area (Å²) in [6, 6.07) is 4.61. The maximum atomic E-state index is 11.2. The molecule has 0 radical (unpaired) electrons. The summed E-state index contributed by atoms with van der Waals surface area (Å²) >= 11 is 11.4. The molecule has 0 aliphatic rings. The number of rotatable bonds is 3. The van der Waals surface area contributed by atoms with E-state index in [9.17, 15) is 9.59 Å². The second kappa shape index (κ2) is 4.64. The first-order valence-corrected chi connectivity index (χ1v) is 4.91. The summed E-state index contributed by atoms with van der Waals surface area (Å²) in [5.74, 6) is -3.04. The van der Waals surface area contributed by atoms with E-state index in [0.29, 0.717) is 15.6 Å². The zero-order valence-electron chi connectivity index (χ0n) is 7.83. The van der Waals surface area contributed by atoms with E-state index in [1.165, 1.54) is 19.1 Å². The van der Waals surface area contributed by atoms with Crippen LogP contribution >= 0.6 is 23.2 Å². The second-order valence-electron chi connectivity index (χ2n) is 3.06. The highest BCUT2D eigenvalue weighted by Gasteiger charge is 2.22. The molecule has 3 nitrogen and oxygen atoms in total. The molecule has 0 spiro atoms. The Morgan fingerprint density at radius 2 is 1.87 bits per heavy atom. The lowest BCUT2D eigenvalue weighted by Crippen LogP contribution is -2.19. The van der Waals surface area contributed by atoms with Crippen molar-refractivity contribution in [1.82, 2.24) is 0 Å². The summed E-state index contributed by atoms with van der Waals surface area (Å²) in [5.41, 5.74) is 0.539. The van der Waals surface area contributed by atoms with E-state index in [2.05, 4.69) is 0 Å². The number of halogens is 2. The van der Waals surface area contributed by atoms with Gasteiger partial charge in [0.15, 0.2) is 0 Å². The number of aliphatic carboxylic acids is 1. The topological polar surface area (TPSA) is 54.4 Å². The normalized spacial score (nSPS) is 12.2. The monoisotopic (exact) mass is 246 g/mol. The molecule has 15 heavy (non-hydrogen) atoms. The van der Waals surface area contributed by atoms with Crippen molar-refractivity contribution in [2.45, 2.75) is 12.8 Å². The van der Waals surface area contributed by atoms with E-state index in [1.54, 1.807) is 6.07 Å². The fraction of sp³-hybridized carbons (Fsp3) is 0.200. The minimum Gasteiger partial charge on any atom is -0.475 e. The Morgan fingerprint density at radius 3 is 2.33 bits per heavy atom.